The van der Waals surface area contributed by atoms with Crippen LogP contribution >= 0.6 is 0 Å². The summed E-state index contributed by atoms with van der Waals surface area (Å²) >= 11 is 0. The predicted molar refractivity (Wildman–Crippen MR) is 70.7 cm³/mol. The Hall–Kier alpha value is -1.30. The summed E-state index contributed by atoms with van der Waals surface area (Å²) < 4.78 is 9.87. The van der Waals surface area contributed by atoms with Crippen molar-refractivity contribution >= 4 is 12.1 Å². The Morgan fingerprint density at radius 1 is 1.32 bits per heavy atom. The van der Waals surface area contributed by atoms with Gasteiger partial charge in [-0.2, -0.15) is 0 Å². The molecule has 0 aliphatic rings. The molecule has 0 spiro atoms. The van der Waals surface area contributed by atoms with E-state index in [1.165, 1.54) is 11.8 Å². The van der Waals surface area contributed by atoms with Crippen LogP contribution in [0.25, 0.3) is 0 Å². The van der Waals surface area contributed by atoms with Crippen LogP contribution < -0.4 is 0 Å². The van der Waals surface area contributed by atoms with Crippen molar-refractivity contribution in [3.8, 4) is 0 Å². The highest BCUT2D eigenvalue weighted by Crippen LogP contribution is 2.09. The van der Waals surface area contributed by atoms with Crippen LogP contribution in [0.2, 0.25) is 0 Å². The molecule has 0 bridgehead atoms. The van der Waals surface area contributed by atoms with Gasteiger partial charge in [-0.15, -0.1) is 0 Å². The molecule has 19 heavy (non-hydrogen) atoms. The predicted octanol–water partition coefficient (Wildman–Crippen LogP) is 1.56. The second-order valence-corrected chi connectivity index (χ2v) is 5.50. The number of aliphatic hydroxyl groups is 1. The second-order valence-electron chi connectivity index (χ2n) is 5.50. The molecule has 0 saturated carbocycles. The summed E-state index contributed by atoms with van der Waals surface area (Å²) in [6, 6.07) is 0. The molecule has 1 unspecified atom stereocenters. The average molecular weight is 275 g/mol. The number of hydrogen-bond donors (Lipinski definition) is 1. The van der Waals surface area contributed by atoms with E-state index in [1.54, 1.807) is 7.05 Å². The fourth-order valence-electron chi connectivity index (χ4n) is 1.29. The van der Waals surface area contributed by atoms with E-state index in [-0.39, 0.29) is 12.7 Å². The van der Waals surface area contributed by atoms with Gasteiger partial charge in [0.2, 0.25) is 0 Å². The Kier molecular flexibility index (Phi) is 7.44. The maximum absolute atomic E-state index is 11.6. The molecule has 0 saturated heterocycles. The molecule has 0 aliphatic heterocycles. The third-order valence-corrected chi connectivity index (χ3v) is 2.22. The SMILES string of the molecule is CC(=O)OCC(O)CCCN(C)C(=O)OC(C)(C)C. The van der Waals surface area contributed by atoms with Gasteiger partial charge in [-0.25, -0.2) is 4.79 Å². The summed E-state index contributed by atoms with van der Waals surface area (Å²) in [6.45, 7) is 7.19. The van der Waals surface area contributed by atoms with E-state index >= 15 is 0 Å². The van der Waals surface area contributed by atoms with E-state index in [0.29, 0.717) is 19.4 Å². The number of nitrogens with zero attached hydrogens (tertiary/aromatic N) is 1. The standard InChI is InChI=1S/C13H25NO5/c1-10(15)18-9-11(16)7-6-8-14(5)12(17)19-13(2,3)4/h11,16H,6-9H2,1-5H3. The zero-order valence-corrected chi connectivity index (χ0v) is 12.4. The van der Waals surface area contributed by atoms with Gasteiger partial charge in [0.15, 0.2) is 0 Å². The van der Waals surface area contributed by atoms with Crippen LogP contribution in [0, 0.1) is 0 Å². The molecule has 112 valence electrons. The van der Waals surface area contributed by atoms with Crippen LogP contribution in [0.5, 0.6) is 0 Å². The lowest BCUT2D eigenvalue weighted by Crippen LogP contribution is -2.35. The highest BCUT2D eigenvalue weighted by Gasteiger charge is 2.19. The van der Waals surface area contributed by atoms with Gasteiger partial charge in [-0.3, -0.25) is 4.79 Å². The van der Waals surface area contributed by atoms with Crippen molar-refractivity contribution in [2.24, 2.45) is 0 Å². The summed E-state index contributed by atoms with van der Waals surface area (Å²) in [5.74, 6) is -0.412. The topological polar surface area (TPSA) is 76.1 Å². The molecule has 1 amide bonds. The van der Waals surface area contributed by atoms with Gasteiger partial charge in [0.1, 0.15) is 12.2 Å². The van der Waals surface area contributed by atoms with Crippen molar-refractivity contribution in [3.63, 3.8) is 0 Å². The van der Waals surface area contributed by atoms with Crippen LogP contribution in [0.1, 0.15) is 40.5 Å². The first kappa shape index (κ1) is 17.7. The Labute approximate surface area is 114 Å². The van der Waals surface area contributed by atoms with Gasteiger partial charge in [0.05, 0.1) is 6.10 Å². The normalized spacial score (nSPS) is 12.7. The van der Waals surface area contributed by atoms with E-state index in [9.17, 15) is 14.7 Å². The fraction of sp³-hybridized carbons (Fsp3) is 0.846. The van der Waals surface area contributed by atoms with Gasteiger partial charge < -0.3 is 19.5 Å². The number of amides is 1. The molecule has 0 rings (SSSR count). The van der Waals surface area contributed by atoms with E-state index in [4.69, 9.17) is 4.74 Å². The number of rotatable bonds is 6. The third-order valence-electron chi connectivity index (χ3n) is 2.22. The van der Waals surface area contributed by atoms with Gasteiger partial charge in [0, 0.05) is 20.5 Å². The van der Waals surface area contributed by atoms with Crippen molar-refractivity contribution < 1.29 is 24.2 Å². The zero-order valence-electron chi connectivity index (χ0n) is 12.4. The molecule has 6 heteroatoms. The van der Waals surface area contributed by atoms with Gasteiger partial charge in [-0.05, 0) is 33.6 Å². The molecule has 6 nitrogen and oxygen atoms in total. The number of carbonyl (C=O) groups excluding carboxylic acids is 2. The fourth-order valence-corrected chi connectivity index (χ4v) is 1.29. The summed E-state index contributed by atoms with van der Waals surface area (Å²) in [7, 11) is 1.65. The maximum atomic E-state index is 11.6. The molecular weight excluding hydrogens is 250 g/mol. The Morgan fingerprint density at radius 2 is 1.89 bits per heavy atom. The zero-order chi connectivity index (χ0) is 15.1. The molecule has 0 aromatic carbocycles. The molecule has 0 heterocycles. The van der Waals surface area contributed by atoms with E-state index in [0.717, 1.165) is 0 Å². The van der Waals surface area contributed by atoms with Crippen LogP contribution in [0.15, 0.2) is 0 Å². The summed E-state index contributed by atoms with van der Waals surface area (Å²) in [5, 5.41) is 9.52. The largest absolute Gasteiger partial charge is 0.463 e. The number of esters is 1. The Bertz CT molecular complexity index is 298. The van der Waals surface area contributed by atoms with Crippen LogP contribution in [-0.4, -0.2) is 54.0 Å². The molecule has 0 fully saturated rings. The minimum atomic E-state index is -0.698. The third kappa shape index (κ3) is 10.3. The first-order valence-corrected chi connectivity index (χ1v) is 6.37. The van der Waals surface area contributed by atoms with Crippen molar-refractivity contribution in [1.82, 2.24) is 4.90 Å². The first-order valence-electron chi connectivity index (χ1n) is 6.37. The van der Waals surface area contributed by atoms with Crippen molar-refractivity contribution in [2.75, 3.05) is 20.2 Å². The maximum Gasteiger partial charge on any atom is 0.410 e. The van der Waals surface area contributed by atoms with Crippen LogP contribution in [-0.2, 0) is 14.3 Å². The van der Waals surface area contributed by atoms with Gasteiger partial charge >= 0.3 is 12.1 Å². The van der Waals surface area contributed by atoms with Gasteiger partial charge in [-0.1, -0.05) is 0 Å². The van der Waals surface area contributed by atoms with Crippen LogP contribution in [0.3, 0.4) is 0 Å². The molecule has 1 N–H and O–H groups in total. The van der Waals surface area contributed by atoms with Crippen molar-refractivity contribution in [3.05, 3.63) is 0 Å². The number of ether oxygens (including phenoxy) is 2. The van der Waals surface area contributed by atoms with E-state index in [1.807, 2.05) is 20.8 Å². The second kappa shape index (κ2) is 7.99. The van der Waals surface area contributed by atoms with E-state index < -0.39 is 17.7 Å². The minimum Gasteiger partial charge on any atom is -0.463 e. The monoisotopic (exact) mass is 275 g/mol. The van der Waals surface area contributed by atoms with E-state index in [2.05, 4.69) is 4.74 Å². The van der Waals surface area contributed by atoms with Crippen molar-refractivity contribution in [1.29, 1.82) is 0 Å². The Balaban J connectivity index is 3.81. The van der Waals surface area contributed by atoms with Crippen LogP contribution in [0.4, 0.5) is 4.79 Å². The summed E-state index contributed by atoms with van der Waals surface area (Å²) in [6.07, 6.45) is -0.0172. The lowest BCUT2D eigenvalue weighted by Gasteiger charge is -2.24. The lowest BCUT2D eigenvalue weighted by molar-refractivity contribution is -0.144. The molecular formula is C13H25NO5. The number of aliphatic hydroxyl groups excluding tert-OH is 1. The quantitative estimate of drug-likeness (QED) is 0.744. The minimum absolute atomic E-state index is 0.00845. The number of hydrogen-bond acceptors (Lipinski definition) is 5. The molecule has 1 atom stereocenters. The summed E-state index contributed by atoms with van der Waals surface area (Å²) in [4.78, 5) is 23.6. The highest BCUT2D eigenvalue weighted by atomic mass is 16.6. The highest BCUT2D eigenvalue weighted by molar-refractivity contribution is 5.67. The molecule has 0 radical (unpaired) electrons. The molecule has 0 aliphatic carbocycles. The van der Waals surface area contributed by atoms with Gasteiger partial charge in [0.25, 0.3) is 0 Å². The average Bonchev–Trinajstić information content (AvgIpc) is 2.23. The number of carbonyl (C=O) groups is 2. The lowest BCUT2D eigenvalue weighted by atomic mass is 10.2. The Morgan fingerprint density at radius 3 is 2.37 bits per heavy atom. The first-order chi connectivity index (χ1) is 8.61. The molecule has 0 aromatic rings. The summed E-state index contributed by atoms with van der Waals surface area (Å²) in [5.41, 5.74) is -0.514. The molecule has 0 aromatic heterocycles. The smallest absolute Gasteiger partial charge is 0.410 e. The van der Waals surface area contributed by atoms with Crippen molar-refractivity contribution in [2.45, 2.75) is 52.2 Å².